The number of nitro benzene ring substituents is 2. The lowest BCUT2D eigenvalue weighted by Gasteiger charge is -2.06. The summed E-state index contributed by atoms with van der Waals surface area (Å²) in [7, 11) is 0. The Morgan fingerprint density at radius 2 is 1.19 bits per heavy atom. The number of hydrogen-bond donors (Lipinski definition) is 0. The van der Waals surface area contributed by atoms with E-state index in [4.69, 9.17) is 27.9 Å². The van der Waals surface area contributed by atoms with Crippen molar-refractivity contribution < 1.29 is 14.6 Å². The van der Waals surface area contributed by atoms with Crippen LogP contribution in [0.25, 0.3) is 0 Å². The number of ether oxygens (including phenoxy) is 1. The highest BCUT2D eigenvalue weighted by Crippen LogP contribution is 2.33. The lowest BCUT2D eigenvalue weighted by atomic mass is 10.3. The van der Waals surface area contributed by atoms with E-state index in [9.17, 15) is 20.2 Å². The van der Waals surface area contributed by atoms with Crippen molar-refractivity contribution in [2.75, 3.05) is 0 Å². The SMILES string of the molecule is O=[N+]([O-])c1ccc(Oc2ccc([N+](=O)[O-])c(Cl)c2)cc1Cl. The minimum Gasteiger partial charge on any atom is -0.457 e. The molecule has 0 fully saturated rings. The van der Waals surface area contributed by atoms with Crippen molar-refractivity contribution in [2.45, 2.75) is 0 Å². The highest BCUT2D eigenvalue weighted by molar-refractivity contribution is 6.33. The van der Waals surface area contributed by atoms with Crippen LogP contribution in [-0.2, 0) is 0 Å². The third-order valence-electron chi connectivity index (χ3n) is 2.47. The Morgan fingerprint density at radius 1 is 0.810 bits per heavy atom. The van der Waals surface area contributed by atoms with Gasteiger partial charge in [0.2, 0.25) is 0 Å². The van der Waals surface area contributed by atoms with E-state index in [1.165, 1.54) is 36.4 Å². The molecule has 9 heteroatoms. The summed E-state index contributed by atoms with van der Waals surface area (Å²) >= 11 is 11.5. The van der Waals surface area contributed by atoms with Gasteiger partial charge in [-0.05, 0) is 12.1 Å². The summed E-state index contributed by atoms with van der Waals surface area (Å²) in [5, 5.41) is 21.1. The first-order valence-electron chi connectivity index (χ1n) is 5.44. The van der Waals surface area contributed by atoms with Crippen LogP contribution in [0.2, 0.25) is 10.0 Å². The van der Waals surface area contributed by atoms with Gasteiger partial charge in [0.05, 0.1) is 9.85 Å². The van der Waals surface area contributed by atoms with E-state index in [0.717, 1.165) is 0 Å². The largest absolute Gasteiger partial charge is 0.457 e. The van der Waals surface area contributed by atoms with Crippen molar-refractivity contribution in [3.05, 3.63) is 66.7 Å². The van der Waals surface area contributed by atoms with E-state index in [0.29, 0.717) is 0 Å². The monoisotopic (exact) mass is 328 g/mol. The van der Waals surface area contributed by atoms with E-state index in [1.807, 2.05) is 0 Å². The summed E-state index contributed by atoms with van der Waals surface area (Å²) in [5.41, 5.74) is -0.489. The summed E-state index contributed by atoms with van der Waals surface area (Å²) < 4.78 is 5.40. The lowest BCUT2D eigenvalue weighted by molar-refractivity contribution is -0.384. The molecular formula is C12H6Cl2N2O5. The molecule has 0 heterocycles. The van der Waals surface area contributed by atoms with Crippen molar-refractivity contribution in [3.8, 4) is 11.5 Å². The van der Waals surface area contributed by atoms with Gasteiger partial charge in [0.25, 0.3) is 11.4 Å². The van der Waals surface area contributed by atoms with E-state index >= 15 is 0 Å². The van der Waals surface area contributed by atoms with Crippen molar-refractivity contribution in [3.63, 3.8) is 0 Å². The summed E-state index contributed by atoms with van der Waals surface area (Å²) in [4.78, 5) is 20.0. The Morgan fingerprint density at radius 3 is 1.48 bits per heavy atom. The molecule has 2 rings (SSSR count). The topological polar surface area (TPSA) is 95.5 Å². The maximum atomic E-state index is 10.6. The van der Waals surface area contributed by atoms with E-state index < -0.39 is 9.85 Å². The second-order valence-corrected chi connectivity index (χ2v) is 4.66. The maximum absolute atomic E-state index is 10.6. The third-order valence-corrected chi connectivity index (χ3v) is 3.07. The standard InChI is InChI=1S/C12H6Cl2N2O5/c13-9-5-7(1-3-11(9)15(17)18)21-8-2-4-12(16(19)20)10(14)6-8/h1-6H. The summed E-state index contributed by atoms with van der Waals surface area (Å²) in [5.74, 6) is 0.492. The molecule has 0 amide bonds. The molecule has 0 spiro atoms. The van der Waals surface area contributed by atoms with Gasteiger partial charge >= 0.3 is 0 Å². The Bertz CT molecular complexity index is 674. The first-order chi connectivity index (χ1) is 9.88. The van der Waals surface area contributed by atoms with Gasteiger partial charge in [-0.15, -0.1) is 0 Å². The molecule has 7 nitrogen and oxygen atoms in total. The molecule has 0 saturated carbocycles. The zero-order valence-electron chi connectivity index (χ0n) is 10.2. The molecule has 2 aromatic rings. The smallest absolute Gasteiger partial charge is 0.288 e. The fourth-order valence-corrected chi connectivity index (χ4v) is 2.01. The fraction of sp³-hybridized carbons (Fsp3) is 0. The van der Waals surface area contributed by atoms with Crippen LogP contribution in [0.1, 0.15) is 0 Å². The van der Waals surface area contributed by atoms with Crippen LogP contribution in [0.4, 0.5) is 11.4 Å². The Balaban J connectivity index is 2.26. The van der Waals surface area contributed by atoms with Crippen LogP contribution in [0.5, 0.6) is 11.5 Å². The number of rotatable bonds is 4. The van der Waals surface area contributed by atoms with Gasteiger partial charge in [-0.1, -0.05) is 23.2 Å². The van der Waals surface area contributed by atoms with Crippen LogP contribution in [0.3, 0.4) is 0 Å². The molecule has 0 saturated heterocycles. The minimum atomic E-state index is -0.616. The van der Waals surface area contributed by atoms with E-state index in [-0.39, 0.29) is 32.9 Å². The van der Waals surface area contributed by atoms with Crippen LogP contribution in [0, 0.1) is 20.2 Å². The first-order valence-corrected chi connectivity index (χ1v) is 6.20. The molecule has 0 radical (unpaired) electrons. The molecule has 0 unspecified atom stereocenters. The van der Waals surface area contributed by atoms with E-state index in [2.05, 4.69) is 0 Å². The zero-order valence-corrected chi connectivity index (χ0v) is 11.7. The molecule has 0 aliphatic carbocycles. The van der Waals surface area contributed by atoms with Gasteiger partial charge in [-0.2, -0.15) is 0 Å². The molecule has 0 bridgehead atoms. The first kappa shape index (κ1) is 15.0. The lowest BCUT2D eigenvalue weighted by Crippen LogP contribution is -1.92. The Hall–Kier alpha value is -2.38. The predicted octanol–water partition coefficient (Wildman–Crippen LogP) is 4.60. The number of nitro groups is 2. The van der Waals surface area contributed by atoms with Crippen molar-refractivity contribution >= 4 is 34.6 Å². The number of nitrogens with zero attached hydrogens (tertiary/aromatic N) is 2. The zero-order chi connectivity index (χ0) is 15.6. The van der Waals surface area contributed by atoms with Crippen molar-refractivity contribution in [1.29, 1.82) is 0 Å². The van der Waals surface area contributed by atoms with Crippen molar-refractivity contribution in [1.82, 2.24) is 0 Å². The second kappa shape index (κ2) is 5.94. The minimum absolute atomic E-state index is 0.0782. The van der Waals surface area contributed by atoms with Gasteiger partial charge in [0.15, 0.2) is 0 Å². The molecule has 108 valence electrons. The van der Waals surface area contributed by atoms with Crippen LogP contribution in [0.15, 0.2) is 36.4 Å². The molecule has 0 aliphatic rings. The maximum Gasteiger partial charge on any atom is 0.288 e. The molecule has 2 aromatic carbocycles. The third kappa shape index (κ3) is 3.39. The average molecular weight is 329 g/mol. The van der Waals surface area contributed by atoms with Gasteiger partial charge in [-0.3, -0.25) is 20.2 Å². The highest BCUT2D eigenvalue weighted by atomic mass is 35.5. The molecule has 0 atom stereocenters. The summed E-state index contributed by atoms with van der Waals surface area (Å²) in [6.07, 6.45) is 0. The molecule has 0 aliphatic heterocycles. The van der Waals surface area contributed by atoms with Crippen LogP contribution in [-0.4, -0.2) is 9.85 Å². The molecular weight excluding hydrogens is 323 g/mol. The number of benzene rings is 2. The normalized spacial score (nSPS) is 10.2. The van der Waals surface area contributed by atoms with Crippen molar-refractivity contribution in [2.24, 2.45) is 0 Å². The van der Waals surface area contributed by atoms with Gasteiger partial charge in [-0.25, -0.2) is 0 Å². The fourth-order valence-electron chi connectivity index (χ4n) is 1.53. The quantitative estimate of drug-likeness (QED) is 0.603. The highest BCUT2D eigenvalue weighted by Gasteiger charge is 2.15. The average Bonchev–Trinajstić information content (AvgIpc) is 2.37. The number of halogens is 2. The molecule has 0 N–H and O–H groups in total. The van der Waals surface area contributed by atoms with Gasteiger partial charge in [0, 0.05) is 24.3 Å². The summed E-state index contributed by atoms with van der Waals surface area (Å²) in [6, 6.07) is 7.66. The van der Waals surface area contributed by atoms with Crippen LogP contribution < -0.4 is 4.74 Å². The van der Waals surface area contributed by atoms with Gasteiger partial charge in [0.1, 0.15) is 21.5 Å². The second-order valence-electron chi connectivity index (χ2n) is 3.84. The summed E-state index contributed by atoms with van der Waals surface area (Å²) in [6.45, 7) is 0. The molecule has 0 aromatic heterocycles. The Labute approximate surface area is 128 Å². The Kier molecular flexibility index (Phi) is 4.25. The predicted molar refractivity (Wildman–Crippen MR) is 76.3 cm³/mol. The molecule has 21 heavy (non-hydrogen) atoms. The number of hydrogen-bond acceptors (Lipinski definition) is 5. The van der Waals surface area contributed by atoms with Gasteiger partial charge < -0.3 is 4.74 Å². The van der Waals surface area contributed by atoms with Crippen LogP contribution >= 0.6 is 23.2 Å². The van der Waals surface area contributed by atoms with E-state index in [1.54, 1.807) is 0 Å².